The van der Waals surface area contributed by atoms with E-state index in [2.05, 4.69) is 51.5 Å². The number of Topliss-reactive ketones (excluding diaryl/α,β-unsaturated/α-hetero) is 1. The van der Waals surface area contributed by atoms with Crippen molar-refractivity contribution >= 4 is 17.4 Å². The number of hydrogen-bond acceptors (Lipinski definition) is 4. The fourth-order valence-corrected chi connectivity index (χ4v) is 5.82. The van der Waals surface area contributed by atoms with Gasteiger partial charge in [-0.1, -0.05) is 38.1 Å². The van der Waals surface area contributed by atoms with Crippen LogP contribution in [0.3, 0.4) is 0 Å². The van der Waals surface area contributed by atoms with Gasteiger partial charge in [0.1, 0.15) is 0 Å². The maximum Gasteiger partial charge on any atom is 0.224 e. The van der Waals surface area contributed by atoms with Crippen LogP contribution in [0.2, 0.25) is 0 Å². The number of carbonyl (C=O) groups is 2. The van der Waals surface area contributed by atoms with E-state index in [-0.39, 0.29) is 17.6 Å². The van der Waals surface area contributed by atoms with Crippen LogP contribution in [0.4, 0.5) is 5.69 Å². The minimum atomic E-state index is 0.0456. The van der Waals surface area contributed by atoms with Gasteiger partial charge in [0.05, 0.1) is 6.42 Å². The third-order valence-electron chi connectivity index (χ3n) is 8.29. The Balaban J connectivity index is 1.16. The van der Waals surface area contributed by atoms with Crippen LogP contribution in [0.5, 0.6) is 0 Å². The van der Waals surface area contributed by atoms with Gasteiger partial charge in [0, 0.05) is 50.4 Å². The Bertz CT molecular complexity index is 1050. The molecule has 37 heavy (non-hydrogen) atoms. The van der Waals surface area contributed by atoms with E-state index < -0.39 is 0 Å². The molecule has 0 aromatic heterocycles. The van der Waals surface area contributed by atoms with Crippen molar-refractivity contribution in [3.05, 3.63) is 64.7 Å². The quantitative estimate of drug-likeness (QED) is 0.472. The third kappa shape index (κ3) is 7.67. The summed E-state index contributed by atoms with van der Waals surface area (Å²) in [5.41, 5.74) is 5.86. The lowest BCUT2D eigenvalue weighted by atomic mass is 9.84. The van der Waals surface area contributed by atoms with Crippen LogP contribution in [-0.2, 0) is 24.1 Å². The number of nitrogens with zero attached hydrogens (tertiary/aromatic N) is 2. The van der Waals surface area contributed by atoms with Crippen molar-refractivity contribution in [3.8, 4) is 0 Å². The van der Waals surface area contributed by atoms with E-state index in [1.54, 1.807) is 0 Å². The molecule has 200 valence electrons. The first-order chi connectivity index (χ1) is 17.8. The fourth-order valence-electron chi connectivity index (χ4n) is 5.82. The molecule has 1 amide bonds. The Morgan fingerprint density at radius 3 is 2.27 bits per heavy atom. The van der Waals surface area contributed by atoms with Crippen LogP contribution in [-0.4, -0.2) is 56.4 Å². The number of nitrogens with one attached hydrogen (secondary N) is 1. The predicted octanol–water partition coefficient (Wildman–Crippen LogP) is 5.30. The SMILES string of the molecule is CC(C)C(=O)c1ccc2c(c1)CCN(CC[C@H]1CC[C@H](NC(=O)Cc3ccc(N(C)C)cc3)CC1)CC2. The Hall–Kier alpha value is -2.66. The van der Waals surface area contributed by atoms with Crippen LogP contribution in [0.25, 0.3) is 0 Å². The fraction of sp³-hybridized carbons (Fsp3) is 0.562. The smallest absolute Gasteiger partial charge is 0.224 e. The molecule has 0 radical (unpaired) electrons. The molecule has 1 N–H and O–H groups in total. The second-order valence-electron chi connectivity index (χ2n) is 11.7. The van der Waals surface area contributed by atoms with Gasteiger partial charge < -0.3 is 15.1 Å². The van der Waals surface area contributed by atoms with Gasteiger partial charge in [0.25, 0.3) is 0 Å². The van der Waals surface area contributed by atoms with Crippen molar-refractivity contribution in [3.63, 3.8) is 0 Å². The number of fused-ring (bicyclic) bond motifs is 1. The van der Waals surface area contributed by atoms with Crippen molar-refractivity contribution in [2.75, 3.05) is 38.6 Å². The zero-order valence-electron chi connectivity index (χ0n) is 23.3. The topological polar surface area (TPSA) is 52.7 Å². The molecule has 1 aliphatic carbocycles. The largest absolute Gasteiger partial charge is 0.378 e. The van der Waals surface area contributed by atoms with Gasteiger partial charge in [-0.3, -0.25) is 9.59 Å². The number of carbonyl (C=O) groups excluding carboxylic acids is 2. The zero-order valence-corrected chi connectivity index (χ0v) is 23.3. The summed E-state index contributed by atoms with van der Waals surface area (Å²) in [5, 5.41) is 3.28. The number of rotatable bonds is 9. The molecule has 1 fully saturated rings. The molecule has 1 heterocycles. The number of hydrogen-bond donors (Lipinski definition) is 1. The Kier molecular flexibility index (Phi) is 9.42. The van der Waals surface area contributed by atoms with Crippen molar-refractivity contribution in [1.29, 1.82) is 0 Å². The van der Waals surface area contributed by atoms with Crippen LogP contribution in [0, 0.1) is 11.8 Å². The Morgan fingerprint density at radius 1 is 0.946 bits per heavy atom. The Labute approximate surface area is 223 Å². The first kappa shape index (κ1) is 27.4. The lowest BCUT2D eigenvalue weighted by Crippen LogP contribution is -2.39. The van der Waals surface area contributed by atoms with Crippen molar-refractivity contribution in [2.45, 2.75) is 71.3 Å². The number of anilines is 1. The molecule has 0 bridgehead atoms. The lowest BCUT2D eigenvalue weighted by Gasteiger charge is -2.30. The average Bonchev–Trinajstić information content (AvgIpc) is 3.10. The standard InChI is InChI=1S/C32H45N3O2/c1-23(2)32(37)28-10-9-26-16-19-35(20-17-27(26)22-28)18-15-24-5-11-29(12-6-24)33-31(36)21-25-7-13-30(14-8-25)34(3)4/h7-10,13-14,22-24,29H,5-6,11-12,15-21H2,1-4H3,(H,33,36)/t24-,29-. The molecule has 2 aromatic rings. The molecule has 5 heteroatoms. The number of amides is 1. The molecule has 1 saturated carbocycles. The van der Waals surface area contributed by atoms with Gasteiger partial charge in [-0.2, -0.15) is 0 Å². The summed E-state index contributed by atoms with van der Waals surface area (Å²) in [4.78, 5) is 29.7. The zero-order chi connectivity index (χ0) is 26.4. The molecular weight excluding hydrogens is 458 g/mol. The van der Waals surface area contributed by atoms with E-state index in [9.17, 15) is 9.59 Å². The summed E-state index contributed by atoms with van der Waals surface area (Å²) in [6.45, 7) is 7.28. The van der Waals surface area contributed by atoms with Gasteiger partial charge in [-0.25, -0.2) is 0 Å². The van der Waals surface area contributed by atoms with E-state index in [0.717, 1.165) is 68.0 Å². The highest BCUT2D eigenvalue weighted by Crippen LogP contribution is 2.28. The molecule has 0 unspecified atom stereocenters. The second kappa shape index (κ2) is 12.7. The summed E-state index contributed by atoms with van der Waals surface area (Å²) in [6.07, 6.45) is 8.40. The van der Waals surface area contributed by atoms with Gasteiger partial charge in [-0.05, 0) is 92.3 Å². The van der Waals surface area contributed by atoms with Crippen LogP contribution in [0.1, 0.15) is 73.0 Å². The first-order valence-electron chi connectivity index (χ1n) is 14.2. The second-order valence-corrected chi connectivity index (χ2v) is 11.7. The molecule has 0 saturated heterocycles. The van der Waals surface area contributed by atoms with Gasteiger partial charge in [0.15, 0.2) is 5.78 Å². The van der Waals surface area contributed by atoms with Gasteiger partial charge in [-0.15, -0.1) is 0 Å². The summed E-state index contributed by atoms with van der Waals surface area (Å²) >= 11 is 0. The van der Waals surface area contributed by atoms with E-state index in [1.807, 2.05) is 34.0 Å². The summed E-state index contributed by atoms with van der Waals surface area (Å²) < 4.78 is 0. The number of ketones is 1. The van der Waals surface area contributed by atoms with Crippen molar-refractivity contribution in [1.82, 2.24) is 10.2 Å². The summed E-state index contributed by atoms with van der Waals surface area (Å²) in [5.74, 6) is 1.19. The highest BCUT2D eigenvalue weighted by Gasteiger charge is 2.24. The number of benzene rings is 2. The van der Waals surface area contributed by atoms with E-state index in [1.165, 1.54) is 30.4 Å². The molecule has 1 aliphatic heterocycles. The molecular formula is C32H45N3O2. The average molecular weight is 504 g/mol. The normalized spacial score (nSPS) is 20.2. The molecule has 5 nitrogen and oxygen atoms in total. The summed E-state index contributed by atoms with van der Waals surface area (Å²) in [7, 11) is 4.05. The van der Waals surface area contributed by atoms with Crippen molar-refractivity contribution < 1.29 is 9.59 Å². The van der Waals surface area contributed by atoms with Crippen LogP contribution in [0.15, 0.2) is 42.5 Å². The molecule has 0 atom stereocenters. The van der Waals surface area contributed by atoms with Gasteiger partial charge in [0.2, 0.25) is 5.91 Å². The van der Waals surface area contributed by atoms with Crippen molar-refractivity contribution in [2.24, 2.45) is 11.8 Å². The third-order valence-corrected chi connectivity index (χ3v) is 8.29. The minimum absolute atomic E-state index is 0.0456. The minimum Gasteiger partial charge on any atom is -0.378 e. The molecule has 2 aliphatic rings. The van der Waals surface area contributed by atoms with E-state index in [4.69, 9.17) is 0 Å². The molecule has 0 spiro atoms. The summed E-state index contributed by atoms with van der Waals surface area (Å²) in [6, 6.07) is 14.9. The van der Waals surface area contributed by atoms with Crippen LogP contribution < -0.4 is 10.2 Å². The molecule has 4 rings (SSSR count). The maximum absolute atomic E-state index is 12.6. The van der Waals surface area contributed by atoms with Gasteiger partial charge >= 0.3 is 0 Å². The maximum atomic E-state index is 12.6. The predicted molar refractivity (Wildman–Crippen MR) is 152 cm³/mol. The lowest BCUT2D eigenvalue weighted by molar-refractivity contribution is -0.121. The monoisotopic (exact) mass is 503 g/mol. The van der Waals surface area contributed by atoms with E-state index in [0.29, 0.717) is 12.5 Å². The molecule has 2 aromatic carbocycles. The van der Waals surface area contributed by atoms with Crippen LogP contribution >= 0.6 is 0 Å². The van der Waals surface area contributed by atoms with E-state index >= 15 is 0 Å². The first-order valence-corrected chi connectivity index (χ1v) is 14.2. The highest BCUT2D eigenvalue weighted by atomic mass is 16.1. The Morgan fingerprint density at radius 2 is 1.62 bits per heavy atom. The highest BCUT2D eigenvalue weighted by molar-refractivity contribution is 5.97.